The van der Waals surface area contributed by atoms with Crippen molar-refractivity contribution >= 4 is 5.97 Å². The Balaban J connectivity index is 2.25. The lowest BCUT2D eigenvalue weighted by molar-refractivity contribution is -0.136. The zero-order valence-electron chi connectivity index (χ0n) is 12.9. The number of aryl methyl sites for hydroxylation is 1. The molecule has 0 amide bonds. The predicted molar refractivity (Wildman–Crippen MR) is 90.1 cm³/mol. The second kappa shape index (κ2) is 6.48. The summed E-state index contributed by atoms with van der Waals surface area (Å²) in [6.07, 6.45) is -0.0472. The van der Waals surface area contributed by atoms with E-state index in [1.807, 2.05) is 72.3 Å². The predicted octanol–water partition coefficient (Wildman–Crippen LogP) is 3.86. The highest BCUT2D eigenvalue weighted by Crippen LogP contribution is 2.32. The van der Waals surface area contributed by atoms with Crippen LogP contribution in [0.15, 0.2) is 60.7 Å². The molecular weight excluding hydrogens is 288 g/mol. The van der Waals surface area contributed by atoms with Gasteiger partial charge in [-0.25, -0.2) is 0 Å². The van der Waals surface area contributed by atoms with Crippen molar-refractivity contribution in [1.82, 2.24) is 9.78 Å². The summed E-state index contributed by atoms with van der Waals surface area (Å²) in [5.74, 6) is -0.852. The van der Waals surface area contributed by atoms with Gasteiger partial charge < -0.3 is 5.11 Å². The molecule has 0 aliphatic heterocycles. The van der Waals surface area contributed by atoms with E-state index in [1.165, 1.54) is 0 Å². The van der Waals surface area contributed by atoms with Crippen molar-refractivity contribution in [3.05, 3.63) is 66.2 Å². The Labute approximate surface area is 135 Å². The molecule has 0 saturated heterocycles. The summed E-state index contributed by atoms with van der Waals surface area (Å²) < 4.78 is 1.88. The lowest BCUT2D eigenvalue weighted by Crippen LogP contribution is -2.04. The van der Waals surface area contributed by atoms with Crippen molar-refractivity contribution in [3.63, 3.8) is 0 Å². The van der Waals surface area contributed by atoms with E-state index in [4.69, 9.17) is 0 Å². The number of carboxylic acids is 1. The normalized spacial score (nSPS) is 10.7. The van der Waals surface area contributed by atoms with E-state index in [2.05, 4.69) is 5.10 Å². The summed E-state index contributed by atoms with van der Waals surface area (Å²) in [4.78, 5) is 11.4. The number of carbonyl (C=O) groups is 1. The summed E-state index contributed by atoms with van der Waals surface area (Å²) in [5.41, 5.74) is 4.31. The van der Waals surface area contributed by atoms with Crippen LogP contribution >= 0.6 is 0 Å². The molecule has 4 nitrogen and oxygen atoms in total. The molecule has 4 heteroatoms. The van der Waals surface area contributed by atoms with Crippen molar-refractivity contribution in [2.45, 2.75) is 19.9 Å². The lowest BCUT2D eigenvalue weighted by Gasteiger charge is -2.07. The molecule has 2 aromatic carbocycles. The third-order valence-corrected chi connectivity index (χ3v) is 3.77. The molecule has 1 N–H and O–H groups in total. The van der Waals surface area contributed by atoms with Crippen LogP contribution in [0.2, 0.25) is 0 Å². The Morgan fingerprint density at radius 1 is 1.00 bits per heavy atom. The van der Waals surface area contributed by atoms with E-state index in [1.54, 1.807) is 0 Å². The van der Waals surface area contributed by atoms with Gasteiger partial charge in [-0.3, -0.25) is 9.48 Å². The fraction of sp³-hybridized carbons (Fsp3) is 0.158. The van der Waals surface area contributed by atoms with Crippen molar-refractivity contribution < 1.29 is 9.90 Å². The number of hydrogen-bond acceptors (Lipinski definition) is 2. The van der Waals surface area contributed by atoms with Crippen LogP contribution in [0.4, 0.5) is 0 Å². The lowest BCUT2D eigenvalue weighted by atomic mass is 9.99. The smallest absolute Gasteiger partial charge is 0.307 e. The van der Waals surface area contributed by atoms with Gasteiger partial charge in [-0.1, -0.05) is 60.7 Å². The van der Waals surface area contributed by atoms with Crippen LogP contribution in [-0.4, -0.2) is 20.9 Å². The molecule has 0 atom stereocenters. The summed E-state index contributed by atoms with van der Waals surface area (Å²) in [6.45, 7) is 2.70. The molecule has 0 radical (unpaired) electrons. The van der Waals surface area contributed by atoms with Gasteiger partial charge in [0.25, 0.3) is 0 Å². The first-order valence-electron chi connectivity index (χ1n) is 7.63. The standard InChI is InChI=1S/C19H18N2O2/c1-2-21-19(15-11-7-4-8-12-15)16(13-17(22)23)18(20-21)14-9-5-3-6-10-14/h3-12H,2,13H2,1H3,(H,22,23). The zero-order valence-corrected chi connectivity index (χ0v) is 12.9. The second-order valence-corrected chi connectivity index (χ2v) is 5.29. The van der Waals surface area contributed by atoms with E-state index in [0.717, 1.165) is 28.1 Å². The molecule has 0 saturated carbocycles. The number of aromatic nitrogens is 2. The minimum absolute atomic E-state index is 0.0472. The van der Waals surface area contributed by atoms with Crippen LogP contribution < -0.4 is 0 Å². The first kappa shape index (κ1) is 15.0. The van der Waals surface area contributed by atoms with Gasteiger partial charge in [-0.2, -0.15) is 5.10 Å². The van der Waals surface area contributed by atoms with Crippen LogP contribution in [0, 0.1) is 0 Å². The van der Waals surface area contributed by atoms with Crippen molar-refractivity contribution in [3.8, 4) is 22.5 Å². The number of rotatable bonds is 5. The van der Waals surface area contributed by atoms with Crippen molar-refractivity contribution in [2.75, 3.05) is 0 Å². The van der Waals surface area contributed by atoms with Gasteiger partial charge in [0, 0.05) is 23.2 Å². The fourth-order valence-electron chi connectivity index (χ4n) is 2.79. The maximum Gasteiger partial charge on any atom is 0.307 e. The Kier molecular flexibility index (Phi) is 4.24. The maximum absolute atomic E-state index is 11.4. The van der Waals surface area contributed by atoms with E-state index in [0.29, 0.717) is 6.54 Å². The van der Waals surface area contributed by atoms with Gasteiger partial charge in [-0.15, -0.1) is 0 Å². The summed E-state index contributed by atoms with van der Waals surface area (Å²) in [7, 11) is 0. The number of hydrogen-bond donors (Lipinski definition) is 1. The third kappa shape index (κ3) is 3.01. The van der Waals surface area contributed by atoms with Crippen LogP contribution in [0.1, 0.15) is 12.5 Å². The second-order valence-electron chi connectivity index (χ2n) is 5.29. The van der Waals surface area contributed by atoms with E-state index >= 15 is 0 Å². The summed E-state index contributed by atoms with van der Waals surface area (Å²) >= 11 is 0. The highest BCUT2D eigenvalue weighted by Gasteiger charge is 2.21. The molecule has 0 unspecified atom stereocenters. The molecule has 0 bridgehead atoms. The molecule has 1 aromatic heterocycles. The van der Waals surface area contributed by atoms with Gasteiger partial charge in [0.1, 0.15) is 0 Å². The fourth-order valence-corrected chi connectivity index (χ4v) is 2.79. The van der Waals surface area contributed by atoms with Gasteiger partial charge in [-0.05, 0) is 6.92 Å². The van der Waals surface area contributed by atoms with E-state index < -0.39 is 5.97 Å². The Hall–Kier alpha value is -2.88. The minimum Gasteiger partial charge on any atom is -0.481 e. The summed E-state index contributed by atoms with van der Waals surface area (Å²) in [6, 6.07) is 19.6. The summed E-state index contributed by atoms with van der Waals surface area (Å²) in [5, 5.41) is 14.0. The zero-order chi connectivity index (χ0) is 16.2. The quantitative estimate of drug-likeness (QED) is 0.778. The number of benzene rings is 2. The highest BCUT2D eigenvalue weighted by molar-refractivity contribution is 5.81. The molecule has 0 aliphatic carbocycles. The Morgan fingerprint density at radius 2 is 1.57 bits per heavy atom. The van der Waals surface area contributed by atoms with Crippen LogP contribution in [0.5, 0.6) is 0 Å². The first-order chi connectivity index (χ1) is 11.2. The Morgan fingerprint density at radius 3 is 2.09 bits per heavy atom. The SMILES string of the molecule is CCn1nc(-c2ccccc2)c(CC(=O)O)c1-c1ccccc1. The largest absolute Gasteiger partial charge is 0.481 e. The third-order valence-electron chi connectivity index (χ3n) is 3.77. The van der Waals surface area contributed by atoms with E-state index in [-0.39, 0.29) is 6.42 Å². The minimum atomic E-state index is -0.852. The number of aliphatic carboxylic acids is 1. The molecule has 1 heterocycles. The van der Waals surface area contributed by atoms with Crippen molar-refractivity contribution in [1.29, 1.82) is 0 Å². The number of nitrogens with zero attached hydrogens (tertiary/aromatic N) is 2. The van der Waals surface area contributed by atoms with Crippen LogP contribution in [0.3, 0.4) is 0 Å². The first-order valence-corrected chi connectivity index (χ1v) is 7.63. The van der Waals surface area contributed by atoms with Crippen LogP contribution in [0.25, 0.3) is 22.5 Å². The van der Waals surface area contributed by atoms with Gasteiger partial charge in [0.05, 0.1) is 17.8 Å². The molecule has 3 aromatic rings. The topological polar surface area (TPSA) is 55.1 Å². The average molecular weight is 306 g/mol. The van der Waals surface area contributed by atoms with Crippen molar-refractivity contribution in [2.24, 2.45) is 0 Å². The molecule has 0 aliphatic rings. The molecule has 0 fully saturated rings. The molecule has 23 heavy (non-hydrogen) atoms. The monoisotopic (exact) mass is 306 g/mol. The molecular formula is C19H18N2O2. The average Bonchev–Trinajstić information content (AvgIpc) is 2.94. The molecule has 3 rings (SSSR count). The maximum atomic E-state index is 11.4. The Bertz CT molecular complexity index is 808. The molecule has 0 spiro atoms. The van der Waals surface area contributed by atoms with Crippen LogP contribution in [-0.2, 0) is 17.8 Å². The van der Waals surface area contributed by atoms with Gasteiger partial charge in [0.2, 0.25) is 0 Å². The van der Waals surface area contributed by atoms with Gasteiger partial charge in [0.15, 0.2) is 0 Å². The molecule has 116 valence electrons. The van der Waals surface area contributed by atoms with E-state index in [9.17, 15) is 9.90 Å². The highest BCUT2D eigenvalue weighted by atomic mass is 16.4. The van der Waals surface area contributed by atoms with Gasteiger partial charge >= 0.3 is 5.97 Å². The number of carboxylic acid groups (broad SMARTS) is 1.